The maximum absolute atomic E-state index is 13.2. The van der Waals surface area contributed by atoms with Crippen LogP contribution < -0.4 is 9.80 Å². The summed E-state index contributed by atoms with van der Waals surface area (Å²) in [5.74, 6) is -2.60. The highest BCUT2D eigenvalue weighted by molar-refractivity contribution is 7.89. The van der Waals surface area contributed by atoms with Gasteiger partial charge in [0.2, 0.25) is 31.6 Å². The number of aryl methyl sites for hydroxylation is 1. The quantitative estimate of drug-likeness (QED) is 0.148. The monoisotopic (exact) mass is 984 g/mol. The molecule has 8 rings (SSSR count). The lowest BCUT2D eigenvalue weighted by Gasteiger charge is -2.25. The third-order valence-electron chi connectivity index (χ3n) is 10.6. The number of aromatic carboxylic acids is 2. The van der Waals surface area contributed by atoms with Crippen LogP contribution in [0.2, 0.25) is 25.1 Å². The lowest BCUT2D eigenvalue weighted by atomic mass is 10.1. The summed E-state index contributed by atoms with van der Waals surface area (Å²) >= 11 is 30.9. The highest BCUT2D eigenvalue weighted by Gasteiger charge is 2.32. The number of sulfonamides is 2. The number of carboxylic acids is 2. The number of carboxylic acid groups (broad SMARTS) is 2. The molecule has 0 aliphatic carbocycles. The predicted molar refractivity (Wildman–Crippen MR) is 240 cm³/mol. The van der Waals surface area contributed by atoms with Gasteiger partial charge in [0.1, 0.15) is 21.0 Å². The molecule has 328 valence electrons. The van der Waals surface area contributed by atoms with Gasteiger partial charge in [0.15, 0.2) is 0 Å². The third kappa shape index (κ3) is 9.08. The van der Waals surface area contributed by atoms with Crippen molar-refractivity contribution in [2.75, 3.05) is 62.2 Å². The van der Waals surface area contributed by atoms with Crippen LogP contribution in [0, 0.1) is 6.92 Å². The summed E-state index contributed by atoms with van der Waals surface area (Å²) in [5.41, 5.74) is 3.38. The second kappa shape index (κ2) is 18.5. The van der Waals surface area contributed by atoms with Gasteiger partial charge < -0.3 is 28.8 Å². The maximum atomic E-state index is 13.2. The van der Waals surface area contributed by atoms with Crippen molar-refractivity contribution in [1.82, 2.24) is 8.61 Å². The number of rotatable bonds is 8. The van der Waals surface area contributed by atoms with E-state index in [1.165, 1.54) is 38.9 Å². The van der Waals surface area contributed by atoms with Gasteiger partial charge in [-0.1, -0.05) is 70.1 Å². The largest absolute Gasteiger partial charge is 0.475 e. The van der Waals surface area contributed by atoms with Crippen molar-refractivity contribution in [2.24, 2.45) is 0 Å². The van der Waals surface area contributed by atoms with E-state index in [2.05, 4.69) is 4.90 Å². The summed E-state index contributed by atoms with van der Waals surface area (Å²) in [5, 5.41) is 20.3. The zero-order valence-corrected chi connectivity index (χ0v) is 38.1. The molecular weight excluding hydrogens is 950 g/mol. The Kier molecular flexibility index (Phi) is 13.6. The standard InChI is InChI=1S/C21H20Cl2N2O5S.C20H17Cl3N2O5S/c1-13-14-12-18(21(26)27)30-17(14)7-6-16(13)24-8-3-9-25(11-10-24)31(28,29)19-5-2-4-15(22)20(19)23;21-13-3-1-4-17(19(13)23)31(28,29)25-8-2-7-24(9-10-25)14-5-6-15-12(18(14)22)11-16(30-15)20(26)27/h2,4-7,12H,3,8-11H2,1H3,(H,26,27);1,3-6,11H,2,7-10H2,(H,26,27). The molecule has 0 spiro atoms. The molecule has 0 saturated carbocycles. The fourth-order valence-corrected chi connectivity index (χ4v) is 12.2. The van der Waals surface area contributed by atoms with E-state index in [0.29, 0.717) is 79.4 Å². The van der Waals surface area contributed by atoms with Crippen LogP contribution in [0.4, 0.5) is 11.4 Å². The Morgan fingerprint density at radius 1 is 0.548 bits per heavy atom. The van der Waals surface area contributed by atoms with E-state index < -0.39 is 32.0 Å². The molecular formula is C41H37Cl5N4O10S2. The second-order valence-corrected chi connectivity index (χ2v) is 20.1. The Labute approximate surface area is 381 Å². The zero-order chi connectivity index (χ0) is 44.7. The molecule has 2 saturated heterocycles. The van der Waals surface area contributed by atoms with E-state index in [1.54, 1.807) is 36.4 Å². The van der Waals surface area contributed by atoms with Gasteiger partial charge in [-0.15, -0.1) is 0 Å². The van der Waals surface area contributed by atoms with Crippen molar-refractivity contribution in [3.8, 4) is 0 Å². The number of fused-ring (bicyclic) bond motifs is 2. The number of halogens is 5. The molecule has 62 heavy (non-hydrogen) atoms. The van der Waals surface area contributed by atoms with E-state index in [4.69, 9.17) is 71.9 Å². The van der Waals surface area contributed by atoms with Gasteiger partial charge in [-0.2, -0.15) is 8.61 Å². The van der Waals surface area contributed by atoms with Gasteiger partial charge in [-0.3, -0.25) is 0 Å². The molecule has 2 aliphatic rings. The minimum absolute atomic E-state index is 0.00677. The summed E-state index contributed by atoms with van der Waals surface area (Å²) in [7, 11) is -7.60. The number of hydrogen-bond acceptors (Lipinski definition) is 10. The molecule has 14 nitrogen and oxygen atoms in total. The van der Waals surface area contributed by atoms with E-state index >= 15 is 0 Å². The van der Waals surface area contributed by atoms with E-state index in [0.717, 1.165) is 16.6 Å². The average molecular weight is 987 g/mol. The van der Waals surface area contributed by atoms with Crippen molar-refractivity contribution in [3.63, 3.8) is 0 Å². The summed E-state index contributed by atoms with van der Waals surface area (Å²) in [4.78, 5) is 26.5. The van der Waals surface area contributed by atoms with Gasteiger partial charge in [-0.05, 0) is 79.9 Å². The Bertz CT molecular complexity index is 2750. The topological polar surface area (TPSA) is 182 Å². The minimum Gasteiger partial charge on any atom is -0.475 e. The van der Waals surface area contributed by atoms with Crippen LogP contribution in [-0.4, -0.2) is 100.0 Å². The van der Waals surface area contributed by atoms with Crippen LogP contribution in [0.3, 0.4) is 0 Å². The fourth-order valence-electron chi connectivity index (χ4n) is 7.50. The molecule has 6 aromatic rings. The van der Waals surface area contributed by atoms with E-state index in [9.17, 15) is 31.5 Å². The highest BCUT2D eigenvalue weighted by Crippen LogP contribution is 2.38. The summed E-state index contributed by atoms with van der Waals surface area (Å²) in [6, 6.07) is 19.1. The molecule has 0 radical (unpaired) electrons. The molecule has 4 heterocycles. The Morgan fingerprint density at radius 3 is 1.47 bits per heavy atom. The second-order valence-electron chi connectivity index (χ2n) is 14.4. The number of benzene rings is 4. The van der Waals surface area contributed by atoms with Gasteiger partial charge in [0.05, 0.1) is 30.8 Å². The van der Waals surface area contributed by atoms with Crippen LogP contribution in [0.25, 0.3) is 21.9 Å². The first-order valence-corrected chi connectivity index (χ1v) is 23.8. The summed E-state index contributed by atoms with van der Waals surface area (Å²) < 4.78 is 66.1. The lowest BCUT2D eigenvalue weighted by molar-refractivity contribution is 0.0655. The molecule has 2 fully saturated rings. The third-order valence-corrected chi connectivity index (χ3v) is 16.8. The van der Waals surface area contributed by atoms with Crippen molar-refractivity contribution >= 4 is 123 Å². The summed E-state index contributed by atoms with van der Waals surface area (Å²) in [6.45, 7) is 5.20. The van der Waals surface area contributed by atoms with Gasteiger partial charge in [-0.25, -0.2) is 26.4 Å². The van der Waals surface area contributed by atoms with Crippen LogP contribution in [0.5, 0.6) is 0 Å². The van der Waals surface area contributed by atoms with Crippen molar-refractivity contribution in [3.05, 3.63) is 115 Å². The van der Waals surface area contributed by atoms with E-state index in [-0.39, 0.29) is 54.5 Å². The molecule has 2 N–H and O–H groups in total. The number of nitrogens with zero attached hydrogens (tertiary/aromatic N) is 4. The maximum Gasteiger partial charge on any atom is 0.371 e. The molecule has 0 unspecified atom stereocenters. The van der Waals surface area contributed by atoms with Crippen LogP contribution >= 0.6 is 58.0 Å². The molecule has 2 aromatic heterocycles. The molecule has 0 bridgehead atoms. The Hall–Kier alpha value is -4.23. The molecule has 2 aliphatic heterocycles. The lowest BCUT2D eigenvalue weighted by Crippen LogP contribution is -2.35. The van der Waals surface area contributed by atoms with Crippen molar-refractivity contribution < 1.29 is 45.5 Å². The highest BCUT2D eigenvalue weighted by atomic mass is 35.5. The van der Waals surface area contributed by atoms with E-state index in [1.807, 2.05) is 17.9 Å². The SMILES string of the molecule is Cc1c(N2CCCN(S(=O)(=O)c3cccc(Cl)c3Cl)CC2)ccc2oc(C(=O)O)cc12.O=C(O)c1cc2c(Cl)c(N3CCCN(S(=O)(=O)c4cccc(Cl)c4Cl)CC3)ccc2o1. The minimum atomic E-state index is -3.82. The van der Waals surface area contributed by atoms with Crippen LogP contribution in [0.1, 0.15) is 39.5 Å². The number of anilines is 2. The van der Waals surface area contributed by atoms with Gasteiger partial charge in [0, 0.05) is 74.9 Å². The van der Waals surface area contributed by atoms with Crippen LogP contribution in [-0.2, 0) is 20.0 Å². The molecule has 0 amide bonds. The first-order chi connectivity index (χ1) is 29.4. The molecule has 4 aromatic carbocycles. The number of furan rings is 2. The van der Waals surface area contributed by atoms with Crippen molar-refractivity contribution in [1.29, 1.82) is 0 Å². The predicted octanol–water partition coefficient (Wildman–Crippen LogP) is 9.64. The van der Waals surface area contributed by atoms with Gasteiger partial charge >= 0.3 is 11.9 Å². The number of hydrogen-bond donors (Lipinski definition) is 2. The first kappa shape index (κ1) is 45.8. The van der Waals surface area contributed by atoms with Crippen LogP contribution in [0.15, 0.2) is 91.4 Å². The average Bonchev–Trinajstić information content (AvgIpc) is 3.70. The zero-order valence-electron chi connectivity index (χ0n) is 32.7. The number of carbonyl (C=O) groups is 2. The van der Waals surface area contributed by atoms with Gasteiger partial charge in [0.25, 0.3) is 0 Å². The normalized spacial score (nSPS) is 15.9. The first-order valence-electron chi connectivity index (χ1n) is 19.0. The molecule has 0 atom stereocenters. The summed E-state index contributed by atoms with van der Waals surface area (Å²) in [6.07, 6.45) is 1.19. The molecule has 21 heteroatoms. The fraction of sp³-hybridized carbons (Fsp3) is 0.268. The Balaban J connectivity index is 0.000000186. The smallest absolute Gasteiger partial charge is 0.371 e. The Morgan fingerprint density at radius 2 is 0.984 bits per heavy atom. The van der Waals surface area contributed by atoms with Crippen molar-refractivity contribution in [2.45, 2.75) is 29.6 Å².